The van der Waals surface area contributed by atoms with Crippen LogP contribution in [0, 0.1) is 0 Å². The summed E-state index contributed by atoms with van der Waals surface area (Å²) in [5.74, 6) is 0. The normalized spacial score (nSPS) is 25.5. The lowest BCUT2D eigenvalue weighted by atomic mass is 10.1. The molecule has 0 amide bonds. The van der Waals surface area contributed by atoms with Gasteiger partial charge < -0.3 is 0 Å². The molecule has 3 aliphatic rings. The number of hydrogen-bond acceptors (Lipinski definition) is 2. The molecule has 0 aromatic heterocycles. The third-order valence-corrected chi connectivity index (χ3v) is 2.34. The van der Waals surface area contributed by atoms with Crippen LogP contribution in [-0.4, -0.2) is 23.4 Å². The van der Waals surface area contributed by atoms with Gasteiger partial charge in [0.2, 0.25) is 5.71 Å². The van der Waals surface area contributed by atoms with Gasteiger partial charge in [0.05, 0.1) is 18.5 Å². The van der Waals surface area contributed by atoms with Gasteiger partial charge in [-0.1, -0.05) is 0 Å². The largest absolute Gasteiger partial charge is 0.213 e. The van der Waals surface area contributed by atoms with Crippen LogP contribution in [-0.2, 0) is 0 Å². The number of hydrogen-bond donors (Lipinski definition) is 0. The van der Waals surface area contributed by atoms with Gasteiger partial charge >= 0.3 is 0 Å². The first-order chi connectivity index (χ1) is 5.45. The molecule has 3 rings (SSSR count). The summed E-state index contributed by atoms with van der Waals surface area (Å²) in [5, 5.41) is 8.13. The molecule has 0 N–H and O–H groups in total. The van der Waals surface area contributed by atoms with Crippen molar-refractivity contribution in [2.24, 2.45) is 10.2 Å². The van der Waals surface area contributed by atoms with Crippen LogP contribution in [0.2, 0.25) is 0 Å². The van der Waals surface area contributed by atoms with Crippen LogP contribution in [0.3, 0.4) is 0 Å². The lowest BCUT2D eigenvalue weighted by Gasteiger charge is -1.88. The molecule has 0 bridgehead atoms. The number of rotatable bonds is 0. The van der Waals surface area contributed by atoms with Gasteiger partial charge in [-0.2, -0.15) is 9.69 Å². The topological polar surface area (TPSA) is 27.7 Å². The predicted molar refractivity (Wildman–Crippen MR) is 40.6 cm³/mol. The molecule has 0 aliphatic carbocycles. The van der Waals surface area contributed by atoms with E-state index in [1.165, 1.54) is 11.3 Å². The maximum absolute atomic E-state index is 4.13. The van der Waals surface area contributed by atoms with Crippen molar-refractivity contribution < 1.29 is 4.58 Å². The van der Waals surface area contributed by atoms with Crippen LogP contribution in [0.5, 0.6) is 0 Å². The minimum absolute atomic E-state index is 0.823. The maximum atomic E-state index is 4.13. The molecular weight excluding hydrogens is 138 g/mol. The highest BCUT2D eigenvalue weighted by molar-refractivity contribution is 6.00. The van der Waals surface area contributed by atoms with E-state index in [0.717, 1.165) is 25.2 Å². The fourth-order valence-corrected chi connectivity index (χ4v) is 1.81. The average Bonchev–Trinajstić information content (AvgIpc) is 2.52. The molecule has 0 atom stereocenters. The molecule has 0 saturated heterocycles. The Labute approximate surface area is 64.4 Å². The molecule has 0 fully saturated rings. The summed E-state index contributed by atoms with van der Waals surface area (Å²) < 4.78 is 2.27. The highest BCUT2D eigenvalue weighted by Gasteiger charge is 2.34. The van der Waals surface area contributed by atoms with Crippen LogP contribution < -0.4 is 0 Å². The molecule has 0 unspecified atom stereocenters. The summed E-state index contributed by atoms with van der Waals surface area (Å²) in [4.78, 5) is 0. The van der Waals surface area contributed by atoms with Crippen molar-refractivity contribution in [3.05, 3.63) is 23.5 Å². The molecular formula is C8H8N3+. The Bertz CT molecular complexity index is 344. The van der Waals surface area contributed by atoms with Crippen molar-refractivity contribution in [1.29, 1.82) is 0 Å². The summed E-state index contributed by atoms with van der Waals surface area (Å²) in [7, 11) is 0. The summed E-state index contributed by atoms with van der Waals surface area (Å²) in [5.41, 5.74) is 3.90. The second-order valence-electron chi connectivity index (χ2n) is 3.02. The third-order valence-electron chi connectivity index (χ3n) is 2.34. The molecule has 3 heterocycles. The zero-order valence-corrected chi connectivity index (χ0v) is 6.12. The first kappa shape index (κ1) is 5.41. The number of fused-ring (bicyclic) bond motifs is 1. The SMILES string of the molecule is C1=C[N+]2=C(C1)C1=C(CN=N1)C2. The highest BCUT2D eigenvalue weighted by Crippen LogP contribution is 2.26. The molecule has 0 aromatic carbocycles. The number of allylic oxidation sites excluding steroid dienone is 2. The van der Waals surface area contributed by atoms with E-state index < -0.39 is 0 Å². The minimum Gasteiger partial charge on any atom is -0.196 e. The Morgan fingerprint density at radius 2 is 2.45 bits per heavy atom. The van der Waals surface area contributed by atoms with E-state index >= 15 is 0 Å². The highest BCUT2D eigenvalue weighted by atomic mass is 15.2. The number of nitrogens with zero attached hydrogens (tertiary/aromatic N) is 3. The lowest BCUT2D eigenvalue weighted by molar-refractivity contribution is -0.440. The van der Waals surface area contributed by atoms with Crippen molar-refractivity contribution in [3.8, 4) is 0 Å². The first-order valence-electron chi connectivity index (χ1n) is 3.84. The van der Waals surface area contributed by atoms with Crippen LogP contribution in [0.4, 0.5) is 0 Å². The summed E-state index contributed by atoms with van der Waals surface area (Å²) in [6.07, 6.45) is 5.36. The predicted octanol–water partition coefficient (Wildman–Crippen LogP) is 1.09. The van der Waals surface area contributed by atoms with E-state index in [1.807, 2.05) is 0 Å². The van der Waals surface area contributed by atoms with Gasteiger partial charge in [0, 0.05) is 0 Å². The maximum Gasteiger partial charge on any atom is 0.213 e. The third kappa shape index (κ3) is 0.557. The van der Waals surface area contributed by atoms with Gasteiger partial charge in [-0.05, 0) is 6.08 Å². The zero-order valence-electron chi connectivity index (χ0n) is 6.12. The van der Waals surface area contributed by atoms with E-state index in [-0.39, 0.29) is 0 Å². The van der Waals surface area contributed by atoms with Crippen LogP contribution in [0.1, 0.15) is 6.42 Å². The summed E-state index contributed by atoms with van der Waals surface area (Å²) in [6.45, 7) is 1.84. The van der Waals surface area contributed by atoms with E-state index in [4.69, 9.17) is 0 Å². The van der Waals surface area contributed by atoms with Crippen LogP contribution in [0.15, 0.2) is 33.8 Å². The van der Waals surface area contributed by atoms with Crippen LogP contribution in [0.25, 0.3) is 0 Å². The van der Waals surface area contributed by atoms with E-state index in [0.29, 0.717) is 0 Å². The quantitative estimate of drug-likeness (QED) is 0.458. The van der Waals surface area contributed by atoms with E-state index in [9.17, 15) is 0 Å². The molecule has 54 valence electrons. The van der Waals surface area contributed by atoms with Crippen LogP contribution >= 0.6 is 0 Å². The zero-order chi connectivity index (χ0) is 7.26. The molecule has 0 saturated carbocycles. The fraction of sp³-hybridized carbons (Fsp3) is 0.375. The van der Waals surface area contributed by atoms with Gasteiger partial charge in [-0.15, -0.1) is 5.11 Å². The Balaban J connectivity index is 2.12. The summed E-state index contributed by atoms with van der Waals surface area (Å²) >= 11 is 0. The molecule has 0 radical (unpaired) electrons. The van der Waals surface area contributed by atoms with Gasteiger partial charge in [-0.25, -0.2) is 0 Å². The average molecular weight is 146 g/mol. The molecule has 3 nitrogen and oxygen atoms in total. The second kappa shape index (κ2) is 1.67. The molecule has 0 aromatic rings. The van der Waals surface area contributed by atoms with E-state index in [2.05, 4.69) is 27.1 Å². The Kier molecular flexibility index (Phi) is 0.820. The number of azo groups is 1. The van der Waals surface area contributed by atoms with Crippen molar-refractivity contribution in [2.75, 3.05) is 13.1 Å². The smallest absolute Gasteiger partial charge is 0.196 e. The standard InChI is InChI=1S/C8H8N3/c1-2-7-8-6(4-9-10-8)5-11(7)3-1/h1,3H,2,4-5H2/q+1. The van der Waals surface area contributed by atoms with Crippen molar-refractivity contribution in [3.63, 3.8) is 0 Å². The first-order valence-corrected chi connectivity index (χ1v) is 3.84. The minimum atomic E-state index is 0.823. The van der Waals surface area contributed by atoms with Gasteiger partial charge in [-0.3, -0.25) is 0 Å². The van der Waals surface area contributed by atoms with E-state index in [1.54, 1.807) is 0 Å². The molecule has 3 heteroatoms. The van der Waals surface area contributed by atoms with Crippen molar-refractivity contribution in [2.45, 2.75) is 6.42 Å². The molecule has 3 aliphatic heterocycles. The van der Waals surface area contributed by atoms with Crippen molar-refractivity contribution >= 4 is 5.71 Å². The lowest BCUT2D eigenvalue weighted by Crippen LogP contribution is -2.07. The Morgan fingerprint density at radius 1 is 1.45 bits per heavy atom. The Hall–Kier alpha value is -1.25. The van der Waals surface area contributed by atoms with Crippen molar-refractivity contribution in [1.82, 2.24) is 0 Å². The van der Waals surface area contributed by atoms with Gasteiger partial charge in [0.15, 0.2) is 18.4 Å². The summed E-state index contributed by atoms with van der Waals surface area (Å²) in [6, 6.07) is 0. The second-order valence-corrected chi connectivity index (χ2v) is 3.02. The molecule has 0 spiro atoms. The van der Waals surface area contributed by atoms with Gasteiger partial charge in [0.1, 0.15) is 0 Å². The molecule has 11 heavy (non-hydrogen) atoms. The van der Waals surface area contributed by atoms with Gasteiger partial charge in [0.25, 0.3) is 0 Å². The monoisotopic (exact) mass is 146 g/mol. The fourth-order valence-electron chi connectivity index (χ4n) is 1.81. The Morgan fingerprint density at radius 3 is 3.45 bits per heavy atom.